The molecule has 0 aromatic heterocycles. The lowest BCUT2D eigenvalue weighted by molar-refractivity contribution is -0.114. The number of halogens is 1. The lowest BCUT2D eigenvalue weighted by Gasteiger charge is -2.33. The molecule has 0 spiro atoms. The van der Waals surface area contributed by atoms with E-state index in [1.54, 1.807) is 12.1 Å². The Labute approximate surface area is 186 Å². The van der Waals surface area contributed by atoms with Crippen LogP contribution in [-0.2, 0) is 11.3 Å². The van der Waals surface area contributed by atoms with Crippen LogP contribution in [0.15, 0.2) is 53.0 Å². The van der Waals surface area contributed by atoms with Gasteiger partial charge in [0.2, 0.25) is 5.91 Å². The minimum absolute atomic E-state index is 0.153. The van der Waals surface area contributed by atoms with Crippen molar-refractivity contribution in [3.8, 4) is 5.75 Å². The molecular weight excluding hydrogens is 446 g/mol. The van der Waals surface area contributed by atoms with Crippen molar-refractivity contribution in [1.82, 2.24) is 10.2 Å². The Balaban J connectivity index is 1.35. The molecule has 0 aliphatic carbocycles. The van der Waals surface area contributed by atoms with E-state index in [1.807, 2.05) is 12.1 Å². The number of carbonyl (C=O) groups is 1. The van der Waals surface area contributed by atoms with Gasteiger partial charge in [0.15, 0.2) is 0 Å². The maximum Gasteiger partial charge on any atom is 0.221 e. The maximum atomic E-state index is 11.3. The normalized spacial score (nSPS) is 16.2. The van der Waals surface area contributed by atoms with E-state index >= 15 is 0 Å². The van der Waals surface area contributed by atoms with Gasteiger partial charge in [-0.2, -0.15) is 0 Å². The summed E-state index contributed by atoms with van der Waals surface area (Å²) in [5.41, 5.74) is 1.94. The molecule has 0 bridgehead atoms. The summed E-state index contributed by atoms with van der Waals surface area (Å²) in [4.78, 5) is 13.8. The topological polar surface area (TPSA) is 73.8 Å². The van der Waals surface area contributed by atoms with Gasteiger partial charge in [-0.05, 0) is 55.8 Å². The molecule has 1 amide bonds. The second kappa shape index (κ2) is 11.5. The Bertz CT molecular complexity index is 808. The van der Waals surface area contributed by atoms with E-state index in [9.17, 15) is 9.90 Å². The molecule has 1 heterocycles. The van der Waals surface area contributed by atoms with Crippen LogP contribution in [0.3, 0.4) is 0 Å². The highest BCUT2D eigenvalue weighted by atomic mass is 79.9. The molecule has 1 fully saturated rings. The van der Waals surface area contributed by atoms with Crippen molar-refractivity contribution in [3.05, 3.63) is 58.6 Å². The van der Waals surface area contributed by atoms with Gasteiger partial charge in [0.1, 0.15) is 18.5 Å². The van der Waals surface area contributed by atoms with Crippen molar-refractivity contribution in [1.29, 1.82) is 0 Å². The van der Waals surface area contributed by atoms with Gasteiger partial charge in [0.25, 0.3) is 0 Å². The molecular formula is C23H30BrN3O3. The number of rotatable bonds is 9. The van der Waals surface area contributed by atoms with E-state index in [0.29, 0.717) is 24.0 Å². The van der Waals surface area contributed by atoms with Gasteiger partial charge in [0, 0.05) is 30.5 Å². The monoisotopic (exact) mass is 475 g/mol. The first-order chi connectivity index (χ1) is 14.5. The van der Waals surface area contributed by atoms with Crippen LogP contribution in [0, 0.1) is 0 Å². The Kier molecular flexibility index (Phi) is 8.69. The molecule has 1 unspecified atom stereocenters. The fourth-order valence-electron chi connectivity index (χ4n) is 3.58. The lowest BCUT2D eigenvalue weighted by Crippen LogP contribution is -2.45. The number of hydrogen-bond donors (Lipinski definition) is 3. The molecule has 2 aromatic rings. The summed E-state index contributed by atoms with van der Waals surface area (Å²) in [7, 11) is 0. The molecule has 0 radical (unpaired) electrons. The zero-order chi connectivity index (χ0) is 21.3. The number of anilines is 1. The van der Waals surface area contributed by atoms with Crippen LogP contribution in [0.2, 0.25) is 0 Å². The number of para-hydroxylation sites is 2. The number of ether oxygens (including phenoxy) is 1. The Morgan fingerprint density at radius 2 is 1.90 bits per heavy atom. The van der Waals surface area contributed by atoms with E-state index in [2.05, 4.69) is 55.7 Å². The molecule has 6 nitrogen and oxygen atoms in total. The van der Waals surface area contributed by atoms with Gasteiger partial charge in [-0.3, -0.25) is 9.69 Å². The number of nitrogens with zero attached hydrogens (tertiary/aromatic N) is 1. The third-order valence-electron chi connectivity index (χ3n) is 5.18. The molecule has 1 aliphatic heterocycles. The van der Waals surface area contributed by atoms with Gasteiger partial charge >= 0.3 is 0 Å². The minimum atomic E-state index is -0.615. The maximum absolute atomic E-state index is 11.3. The van der Waals surface area contributed by atoms with Crippen LogP contribution >= 0.6 is 15.9 Å². The second-order valence-corrected chi connectivity index (χ2v) is 8.64. The standard InChI is InChI=1S/C23H30BrN3O3/c1-17(28)26-22-4-2-3-5-23(22)30-16-21(29)14-25-20-10-12-27(13-11-20)15-18-6-8-19(24)9-7-18/h2-9,20-21,25,29H,10-16H2,1H3,(H,26,28). The van der Waals surface area contributed by atoms with Crippen LogP contribution < -0.4 is 15.4 Å². The first-order valence-electron chi connectivity index (χ1n) is 10.4. The quantitative estimate of drug-likeness (QED) is 0.518. The van der Waals surface area contributed by atoms with Crippen LogP contribution in [-0.4, -0.2) is 54.3 Å². The first kappa shape index (κ1) is 22.7. The number of hydrogen-bond acceptors (Lipinski definition) is 5. The number of carbonyl (C=O) groups excluding carboxylic acids is 1. The van der Waals surface area contributed by atoms with Gasteiger partial charge in [-0.25, -0.2) is 0 Å². The largest absolute Gasteiger partial charge is 0.489 e. The third kappa shape index (κ3) is 7.40. The molecule has 1 aliphatic rings. The van der Waals surface area contributed by atoms with E-state index in [1.165, 1.54) is 12.5 Å². The highest BCUT2D eigenvalue weighted by Crippen LogP contribution is 2.23. The van der Waals surface area contributed by atoms with Crippen molar-refractivity contribution in [3.63, 3.8) is 0 Å². The Hall–Kier alpha value is -1.93. The zero-order valence-electron chi connectivity index (χ0n) is 17.3. The van der Waals surface area contributed by atoms with Crippen molar-refractivity contribution in [2.75, 3.05) is 31.6 Å². The van der Waals surface area contributed by atoms with Crippen LogP contribution in [0.1, 0.15) is 25.3 Å². The summed E-state index contributed by atoms with van der Waals surface area (Å²) in [5, 5.41) is 16.5. The minimum Gasteiger partial charge on any atom is -0.489 e. The average Bonchev–Trinajstić information content (AvgIpc) is 2.74. The Morgan fingerprint density at radius 1 is 1.20 bits per heavy atom. The molecule has 7 heteroatoms. The molecule has 162 valence electrons. The van der Waals surface area contributed by atoms with Crippen LogP contribution in [0.5, 0.6) is 5.75 Å². The summed E-state index contributed by atoms with van der Waals surface area (Å²) >= 11 is 3.48. The second-order valence-electron chi connectivity index (χ2n) is 7.73. The van der Waals surface area contributed by atoms with Crippen molar-refractivity contribution in [2.45, 2.75) is 38.5 Å². The average molecular weight is 476 g/mol. The van der Waals surface area contributed by atoms with Crippen molar-refractivity contribution >= 4 is 27.5 Å². The number of aliphatic hydroxyl groups is 1. The number of benzene rings is 2. The summed E-state index contributed by atoms with van der Waals surface area (Å²) in [6.45, 7) is 5.18. The lowest BCUT2D eigenvalue weighted by atomic mass is 10.0. The molecule has 2 aromatic carbocycles. The van der Waals surface area contributed by atoms with Gasteiger partial charge < -0.3 is 20.5 Å². The predicted molar refractivity (Wildman–Crippen MR) is 123 cm³/mol. The first-order valence-corrected chi connectivity index (χ1v) is 11.2. The smallest absolute Gasteiger partial charge is 0.221 e. The fourth-order valence-corrected chi connectivity index (χ4v) is 3.84. The number of aliphatic hydroxyl groups excluding tert-OH is 1. The summed E-state index contributed by atoms with van der Waals surface area (Å²) < 4.78 is 6.82. The van der Waals surface area contributed by atoms with Crippen LogP contribution in [0.25, 0.3) is 0 Å². The third-order valence-corrected chi connectivity index (χ3v) is 5.71. The highest BCUT2D eigenvalue weighted by molar-refractivity contribution is 9.10. The van der Waals surface area contributed by atoms with Gasteiger partial charge in [0.05, 0.1) is 5.69 Å². The van der Waals surface area contributed by atoms with Gasteiger partial charge in [-0.1, -0.05) is 40.2 Å². The molecule has 0 saturated carbocycles. The van der Waals surface area contributed by atoms with E-state index < -0.39 is 6.10 Å². The van der Waals surface area contributed by atoms with E-state index in [0.717, 1.165) is 36.9 Å². The number of nitrogens with one attached hydrogen (secondary N) is 2. The van der Waals surface area contributed by atoms with Gasteiger partial charge in [-0.15, -0.1) is 0 Å². The Morgan fingerprint density at radius 3 is 2.60 bits per heavy atom. The summed E-state index contributed by atoms with van der Waals surface area (Å²) in [6.07, 6.45) is 1.52. The van der Waals surface area contributed by atoms with Crippen molar-refractivity contribution < 1.29 is 14.6 Å². The van der Waals surface area contributed by atoms with Crippen LogP contribution in [0.4, 0.5) is 5.69 Å². The fraction of sp³-hybridized carbons (Fsp3) is 0.435. The number of amides is 1. The zero-order valence-corrected chi connectivity index (χ0v) is 18.9. The van der Waals surface area contributed by atoms with Crippen molar-refractivity contribution in [2.24, 2.45) is 0 Å². The predicted octanol–water partition coefficient (Wildman–Crippen LogP) is 3.40. The van der Waals surface area contributed by atoms with E-state index in [-0.39, 0.29) is 12.5 Å². The molecule has 1 saturated heterocycles. The number of piperidine rings is 1. The molecule has 3 N–H and O–H groups in total. The highest BCUT2D eigenvalue weighted by Gasteiger charge is 2.20. The SMILES string of the molecule is CC(=O)Nc1ccccc1OCC(O)CNC1CCN(Cc2ccc(Br)cc2)CC1. The molecule has 30 heavy (non-hydrogen) atoms. The summed E-state index contributed by atoms with van der Waals surface area (Å²) in [6, 6.07) is 16.1. The summed E-state index contributed by atoms with van der Waals surface area (Å²) in [5.74, 6) is 0.410. The number of likely N-dealkylation sites (tertiary alicyclic amines) is 1. The molecule has 3 rings (SSSR count). The van der Waals surface area contributed by atoms with E-state index in [4.69, 9.17) is 4.74 Å². The molecule has 1 atom stereocenters.